The molecule has 0 aromatic carbocycles. The summed E-state index contributed by atoms with van der Waals surface area (Å²) in [4.78, 5) is 14.7. The third kappa shape index (κ3) is 4.64. The molecule has 0 fully saturated rings. The minimum atomic E-state index is -4.38. The predicted molar refractivity (Wildman–Crippen MR) is 58.6 cm³/mol. The van der Waals surface area contributed by atoms with E-state index >= 15 is 0 Å². The summed E-state index contributed by atoms with van der Waals surface area (Å²) in [7, 11) is 0. The van der Waals surface area contributed by atoms with Crippen LogP contribution in [0.4, 0.5) is 13.2 Å². The monoisotopic (exact) mass is 264 g/mol. The smallest absolute Gasteiger partial charge is 0.356 e. The van der Waals surface area contributed by atoms with Gasteiger partial charge in [0.15, 0.2) is 0 Å². The molecule has 1 aromatic rings. The van der Waals surface area contributed by atoms with Gasteiger partial charge in [-0.2, -0.15) is 13.2 Å². The number of thioether (sulfide) groups is 1. The molecule has 0 aliphatic heterocycles. The van der Waals surface area contributed by atoms with Crippen molar-refractivity contribution in [1.29, 1.82) is 0 Å². The Morgan fingerprint density at radius 2 is 2.18 bits per heavy atom. The van der Waals surface area contributed by atoms with Crippen molar-refractivity contribution in [2.24, 2.45) is 0 Å². The van der Waals surface area contributed by atoms with Gasteiger partial charge in [-0.05, 0) is 19.1 Å². The Bertz CT molecular complexity index is 378. The molecule has 0 radical (unpaired) electrons. The van der Waals surface area contributed by atoms with E-state index in [4.69, 9.17) is 0 Å². The molecule has 1 heterocycles. The van der Waals surface area contributed by atoms with Crippen LogP contribution in [0.25, 0.3) is 0 Å². The van der Waals surface area contributed by atoms with Gasteiger partial charge in [0.1, 0.15) is 0 Å². The van der Waals surface area contributed by atoms with E-state index in [1.54, 1.807) is 6.92 Å². The molecule has 1 aromatic heterocycles. The van der Waals surface area contributed by atoms with Crippen molar-refractivity contribution in [3.8, 4) is 0 Å². The fraction of sp³-hybridized carbons (Fsp3) is 0.400. The minimum absolute atomic E-state index is 0.145. The number of pyridine rings is 1. The fourth-order valence-electron chi connectivity index (χ4n) is 1.02. The van der Waals surface area contributed by atoms with E-state index in [0.717, 1.165) is 24.0 Å². The molecule has 0 saturated heterocycles. The van der Waals surface area contributed by atoms with Crippen LogP contribution in [0.2, 0.25) is 0 Å². The molecular weight excluding hydrogens is 253 g/mol. The molecule has 94 valence electrons. The maximum Gasteiger partial charge on any atom is 0.417 e. The lowest BCUT2D eigenvalue weighted by Crippen LogP contribution is -2.24. The van der Waals surface area contributed by atoms with Gasteiger partial charge in [-0.15, -0.1) is 0 Å². The zero-order valence-electron chi connectivity index (χ0n) is 9.04. The van der Waals surface area contributed by atoms with Gasteiger partial charge in [0.2, 0.25) is 5.91 Å². The fourth-order valence-corrected chi connectivity index (χ4v) is 1.69. The molecule has 3 nitrogen and oxygen atoms in total. The van der Waals surface area contributed by atoms with Crippen molar-refractivity contribution in [2.75, 3.05) is 12.3 Å². The first-order valence-electron chi connectivity index (χ1n) is 4.86. The normalized spacial score (nSPS) is 11.3. The standard InChI is InChI=1S/C10H11F3N2OS/c1-2-14-8(16)6-17-9-4-3-7(5-15-9)10(11,12)13/h3-5H,2,6H2,1H3,(H,14,16). The number of hydrogen-bond acceptors (Lipinski definition) is 3. The first kappa shape index (κ1) is 13.8. The number of carbonyl (C=O) groups is 1. The first-order chi connectivity index (χ1) is 7.93. The number of nitrogens with one attached hydrogen (secondary N) is 1. The number of carbonyl (C=O) groups excluding carboxylic acids is 1. The van der Waals surface area contributed by atoms with Crippen LogP contribution in [0, 0.1) is 0 Å². The molecule has 0 aliphatic rings. The van der Waals surface area contributed by atoms with Gasteiger partial charge in [0.25, 0.3) is 0 Å². The highest BCUT2D eigenvalue weighted by molar-refractivity contribution is 7.99. The summed E-state index contributed by atoms with van der Waals surface area (Å²) in [5.74, 6) is -0.0224. The molecule has 0 aliphatic carbocycles. The number of halogens is 3. The maximum atomic E-state index is 12.2. The summed E-state index contributed by atoms with van der Waals surface area (Å²) in [6, 6.07) is 2.21. The molecular formula is C10H11F3N2OS. The second kappa shape index (κ2) is 5.90. The number of aromatic nitrogens is 1. The van der Waals surface area contributed by atoms with Crippen LogP contribution in [0.3, 0.4) is 0 Å². The van der Waals surface area contributed by atoms with Crippen LogP contribution in [-0.4, -0.2) is 23.2 Å². The Morgan fingerprint density at radius 1 is 1.47 bits per heavy atom. The lowest BCUT2D eigenvalue weighted by atomic mass is 10.3. The summed E-state index contributed by atoms with van der Waals surface area (Å²) in [6.45, 7) is 2.32. The Morgan fingerprint density at radius 3 is 2.65 bits per heavy atom. The third-order valence-corrected chi connectivity index (χ3v) is 2.73. The number of rotatable bonds is 4. The van der Waals surface area contributed by atoms with Crippen molar-refractivity contribution >= 4 is 17.7 Å². The summed E-state index contributed by atoms with van der Waals surface area (Å²) in [5, 5.41) is 2.98. The molecule has 7 heteroatoms. The highest BCUT2D eigenvalue weighted by Gasteiger charge is 2.30. The molecule has 0 unspecified atom stereocenters. The number of alkyl halides is 3. The SMILES string of the molecule is CCNC(=O)CSc1ccc(C(F)(F)F)cn1. The van der Waals surface area contributed by atoms with Crippen molar-refractivity contribution in [1.82, 2.24) is 10.3 Å². The number of hydrogen-bond donors (Lipinski definition) is 1. The van der Waals surface area contributed by atoms with Crippen molar-refractivity contribution < 1.29 is 18.0 Å². The summed E-state index contributed by atoms with van der Waals surface area (Å²) >= 11 is 1.10. The molecule has 1 N–H and O–H groups in total. The average molecular weight is 264 g/mol. The molecule has 0 spiro atoms. The molecule has 1 rings (SSSR count). The molecule has 0 saturated carbocycles. The van der Waals surface area contributed by atoms with Crippen LogP contribution in [0.15, 0.2) is 23.4 Å². The van der Waals surface area contributed by atoms with Crippen molar-refractivity contribution in [2.45, 2.75) is 18.1 Å². The highest BCUT2D eigenvalue weighted by Crippen LogP contribution is 2.29. The van der Waals surface area contributed by atoms with E-state index in [0.29, 0.717) is 11.6 Å². The second-order valence-electron chi connectivity index (χ2n) is 3.13. The van der Waals surface area contributed by atoms with Crippen LogP contribution in [0.5, 0.6) is 0 Å². The summed E-state index contributed by atoms with van der Waals surface area (Å²) in [6.07, 6.45) is -3.62. The topological polar surface area (TPSA) is 42.0 Å². The van der Waals surface area contributed by atoms with E-state index in [2.05, 4.69) is 10.3 Å². The molecule has 1 amide bonds. The van der Waals surface area contributed by atoms with Gasteiger partial charge in [-0.3, -0.25) is 4.79 Å². The Labute approximate surface area is 101 Å². The van der Waals surface area contributed by atoms with E-state index in [9.17, 15) is 18.0 Å². The van der Waals surface area contributed by atoms with E-state index < -0.39 is 11.7 Å². The number of nitrogens with zero attached hydrogens (tertiary/aromatic N) is 1. The van der Waals surface area contributed by atoms with Gasteiger partial charge in [0, 0.05) is 12.7 Å². The quantitative estimate of drug-likeness (QED) is 0.849. The molecule has 0 bridgehead atoms. The zero-order valence-corrected chi connectivity index (χ0v) is 9.86. The van der Waals surface area contributed by atoms with Gasteiger partial charge >= 0.3 is 6.18 Å². The average Bonchev–Trinajstić information content (AvgIpc) is 2.26. The van der Waals surface area contributed by atoms with Gasteiger partial charge in [-0.25, -0.2) is 4.98 Å². The van der Waals surface area contributed by atoms with E-state index in [-0.39, 0.29) is 11.7 Å². The van der Waals surface area contributed by atoms with Crippen molar-refractivity contribution in [3.05, 3.63) is 23.9 Å². The summed E-state index contributed by atoms with van der Waals surface area (Å²) in [5.41, 5.74) is -0.792. The second-order valence-corrected chi connectivity index (χ2v) is 4.12. The van der Waals surface area contributed by atoms with Crippen LogP contribution < -0.4 is 5.32 Å². The van der Waals surface area contributed by atoms with Gasteiger partial charge < -0.3 is 5.32 Å². The predicted octanol–water partition coefficient (Wildman–Crippen LogP) is 2.33. The zero-order chi connectivity index (χ0) is 12.9. The molecule has 0 atom stereocenters. The summed E-state index contributed by atoms with van der Waals surface area (Å²) < 4.78 is 36.7. The minimum Gasteiger partial charge on any atom is -0.356 e. The van der Waals surface area contributed by atoms with Crippen molar-refractivity contribution in [3.63, 3.8) is 0 Å². The Balaban J connectivity index is 2.54. The van der Waals surface area contributed by atoms with E-state index in [1.165, 1.54) is 6.07 Å². The van der Waals surface area contributed by atoms with Crippen LogP contribution >= 0.6 is 11.8 Å². The Hall–Kier alpha value is -1.24. The highest BCUT2D eigenvalue weighted by atomic mass is 32.2. The maximum absolute atomic E-state index is 12.2. The first-order valence-corrected chi connectivity index (χ1v) is 5.84. The largest absolute Gasteiger partial charge is 0.417 e. The lowest BCUT2D eigenvalue weighted by Gasteiger charge is -2.06. The van der Waals surface area contributed by atoms with Crippen LogP contribution in [-0.2, 0) is 11.0 Å². The third-order valence-electron chi connectivity index (χ3n) is 1.79. The van der Waals surface area contributed by atoms with E-state index in [1.807, 2.05) is 0 Å². The van der Waals surface area contributed by atoms with Gasteiger partial charge in [0.05, 0.1) is 16.3 Å². The number of amides is 1. The molecule has 17 heavy (non-hydrogen) atoms. The Kier molecular flexibility index (Phi) is 4.80. The van der Waals surface area contributed by atoms with Crippen LogP contribution in [0.1, 0.15) is 12.5 Å². The van der Waals surface area contributed by atoms with Gasteiger partial charge in [-0.1, -0.05) is 11.8 Å². The lowest BCUT2D eigenvalue weighted by molar-refractivity contribution is -0.137.